The molecule has 0 aromatic carbocycles. The van der Waals surface area contributed by atoms with E-state index in [1.165, 1.54) is 6.07 Å². The van der Waals surface area contributed by atoms with Crippen LogP contribution in [0.25, 0.3) is 0 Å². The van der Waals surface area contributed by atoms with Gasteiger partial charge < -0.3 is 15.0 Å². The Morgan fingerprint density at radius 3 is 2.96 bits per heavy atom. The lowest BCUT2D eigenvalue weighted by molar-refractivity contribution is 0.205. The molecule has 26 heavy (non-hydrogen) atoms. The molecule has 0 spiro atoms. The third-order valence-corrected chi connectivity index (χ3v) is 6.44. The van der Waals surface area contributed by atoms with E-state index in [9.17, 15) is 8.42 Å². The standard InChI is InChI=1S/C16H21N5O3S2/c1-18-16(20-10-13-5-6-15(25-13)26(17,22)23)21-9-7-12(11-21)24-14-4-2-3-8-19-14/h2-6,8,12H,7,9-11H2,1H3,(H,18,20)(H2,17,22,23). The molecule has 140 valence electrons. The predicted octanol–water partition coefficient (Wildman–Crippen LogP) is 1.02. The summed E-state index contributed by atoms with van der Waals surface area (Å²) in [5.74, 6) is 1.37. The minimum Gasteiger partial charge on any atom is -0.472 e. The van der Waals surface area contributed by atoms with Gasteiger partial charge in [0.05, 0.1) is 13.1 Å². The number of sulfonamides is 1. The van der Waals surface area contributed by atoms with Crippen LogP contribution in [-0.4, -0.2) is 50.5 Å². The van der Waals surface area contributed by atoms with E-state index in [-0.39, 0.29) is 10.3 Å². The number of primary sulfonamides is 1. The molecule has 0 bridgehead atoms. The van der Waals surface area contributed by atoms with Crippen molar-refractivity contribution in [3.8, 4) is 5.88 Å². The fraction of sp³-hybridized carbons (Fsp3) is 0.375. The zero-order valence-electron chi connectivity index (χ0n) is 14.3. The minimum absolute atomic E-state index is 0.0548. The van der Waals surface area contributed by atoms with Crippen LogP contribution in [-0.2, 0) is 16.6 Å². The average molecular weight is 396 g/mol. The van der Waals surface area contributed by atoms with Crippen molar-refractivity contribution >= 4 is 27.3 Å². The zero-order chi connectivity index (χ0) is 18.6. The molecule has 3 rings (SSSR count). The van der Waals surface area contributed by atoms with Crippen LogP contribution in [0.1, 0.15) is 11.3 Å². The van der Waals surface area contributed by atoms with Gasteiger partial charge in [-0.3, -0.25) is 4.99 Å². The molecule has 1 aliphatic rings. The molecule has 3 heterocycles. The lowest BCUT2D eigenvalue weighted by atomic mass is 10.3. The van der Waals surface area contributed by atoms with E-state index >= 15 is 0 Å². The normalized spacial score (nSPS) is 18.2. The first-order chi connectivity index (χ1) is 12.5. The molecule has 3 N–H and O–H groups in total. The number of aromatic nitrogens is 1. The summed E-state index contributed by atoms with van der Waals surface area (Å²) in [6.45, 7) is 2.02. The molecule has 10 heteroatoms. The molecule has 2 aromatic heterocycles. The first-order valence-electron chi connectivity index (χ1n) is 8.10. The second-order valence-electron chi connectivity index (χ2n) is 5.81. The third kappa shape index (κ3) is 4.71. The molecule has 0 aliphatic carbocycles. The summed E-state index contributed by atoms with van der Waals surface area (Å²) in [5, 5.41) is 8.40. The molecular formula is C16H21N5O3S2. The number of likely N-dealkylation sites (tertiary alicyclic amines) is 1. The summed E-state index contributed by atoms with van der Waals surface area (Å²) in [7, 11) is -1.93. The van der Waals surface area contributed by atoms with Crippen molar-refractivity contribution in [2.24, 2.45) is 10.1 Å². The highest BCUT2D eigenvalue weighted by molar-refractivity contribution is 7.91. The van der Waals surface area contributed by atoms with Gasteiger partial charge in [0.15, 0.2) is 5.96 Å². The highest BCUT2D eigenvalue weighted by Gasteiger charge is 2.26. The quantitative estimate of drug-likeness (QED) is 0.578. The van der Waals surface area contributed by atoms with Crippen LogP contribution in [0.15, 0.2) is 45.7 Å². The van der Waals surface area contributed by atoms with Crippen LogP contribution in [0.3, 0.4) is 0 Å². The van der Waals surface area contributed by atoms with Crippen molar-refractivity contribution in [1.29, 1.82) is 0 Å². The van der Waals surface area contributed by atoms with Crippen LogP contribution in [0.5, 0.6) is 5.88 Å². The summed E-state index contributed by atoms with van der Waals surface area (Å²) in [5.41, 5.74) is 0. The Kier molecular flexibility index (Phi) is 5.74. The zero-order valence-corrected chi connectivity index (χ0v) is 16.0. The van der Waals surface area contributed by atoms with Crippen LogP contribution < -0.4 is 15.2 Å². The summed E-state index contributed by atoms with van der Waals surface area (Å²) in [4.78, 5) is 11.5. The number of pyridine rings is 1. The van der Waals surface area contributed by atoms with E-state index in [0.717, 1.165) is 35.1 Å². The summed E-state index contributed by atoms with van der Waals surface area (Å²) in [6.07, 6.45) is 2.64. The molecule has 1 saturated heterocycles. The highest BCUT2D eigenvalue weighted by Crippen LogP contribution is 2.20. The second kappa shape index (κ2) is 8.02. The summed E-state index contributed by atoms with van der Waals surface area (Å²) < 4.78 is 28.8. The summed E-state index contributed by atoms with van der Waals surface area (Å²) in [6, 6.07) is 8.86. The maximum atomic E-state index is 11.4. The van der Waals surface area contributed by atoms with Crippen molar-refractivity contribution in [3.05, 3.63) is 41.4 Å². The van der Waals surface area contributed by atoms with Crippen LogP contribution in [0.4, 0.5) is 0 Å². The molecule has 1 fully saturated rings. The van der Waals surface area contributed by atoms with Gasteiger partial charge in [-0.25, -0.2) is 18.5 Å². The monoisotopic (exact) mass is 395 g/mol. The SMILES string of the molecule is CN=C(NCc1ccc(S(N)(=O)=O)s1)N1CCC(Oc2ccccn2)C1. The minimum atomic E-state index is -3.65. The lowest BCUT2D eigenvalue weighted by Gasteiger charge is -2.21. The molecule has 0 radical (unpaired) electrons. The van der Waals surface area contributed by atoms with E-state index in [4.69, 9.17) is 9.88 Å². The van der Waals surface area contributed by atoms with E-state index in [1.54, 1.807) is 19.3 Å². The largest absolute Gasteiger partial charge is 0.472 e. The number of hydrogen-bond acceptors (Lipinski definition) is 6. The van der Waals surface area contributed by atoms with Crippen molar-refractivity contribution < 1.29 is 13.2 Å². The molecule has 8 nitrogen and oxygen atoms in total. The van der Waals surface area contributed by atoms with Gasteiger partial charge in [-0.2, -0.15) is 0 Å². The highest BCUT2D eigenvalue weighted by atomic mass is 32.2. The Hall–Kier alpha value is -2.17. The number of guanidine groups is 1. The van der Waals surface area contributed by atoms with Gasteiger partial charge in [0.1, 0.15) is 10.3 Å². The Morgan fingerprint density at radius 1 is 1.46 bits per heavy atom. The number of rotatable bonds is 5. The van der Waals surface area contributed by atoms with Crippen molar-refractivity contribution in [2.75, 3.05) is 20.1 Å². The van der Waals surface area contributed by atoms with Crippen LogP contribution in [0, 0.1) is 0 Å². The third-order valence-electron chi connectivity index (χ3n) is 3.92. The maximum absolute atomic E-state index is 11.4. The number of ether oxygens (including phenoxy) is 1. The molecule has 1 aliphatic heterocycles. The molecule has 1 unspecified atom stereocenters. The van der Waals surface area contributed by atoms with Gasteiger partial charge >= 0.3 is 0 Å². The smallest absolute Gasteiger partial charge is 0.247 e. The fourth-order valence-corrected chi connectivity index (χ4v) is 4.43. The van der Waals surface area contributed by atoms with Crippen molar-refractivity contribution in [3.63, 3.8) is 0 Å². The Labute approximate surface area is 156 Å². The number of hydrogen-bond donors (Lipinski definition) is 2. The Morgan fingerprint density at radius 2 is 2.31 bits per heavy atom. The number of aliphatic imine (C=N–C) groups is 1. The van der Waals surface area contributed by atoms with Gasteiger partial charge in [0.25, 0.3) is 0 Å². The van der Waals surface area contributed by atoms with Gasteiger partial charge in [-0.1, -0.05) is 6.07 Å². The molecule has 0 saturated carbocycles. The van der Waals surface area contributed by atoms with Gasteiger partial charge in [0, 0.05) is 37.2 Å². The first kappa shape index (κ1) is 18.6. The Bertz CT molecular complexity index is 867. The molecule has 1 atom stereocenters. The summed E-state index contributed by atoms with van der Waals surface area (Å²) >= 11 is 1.16. The average Bonchev–Trinajstić information content (AvgIpc) is 3.26. The molecule has 0 amide bonds. The van der Waals surface area contributed by atoms with E-state index < -0.39 is 10.0 Å². The topological polar surface area (TPSA) is 110 Å². The van der Waals surface area contributed by atoms with Crippen molar-refractivity contribution in [2.45, 2.75) is 23.3 Å². The van der Waals surface area contributed by atoms with Gasteiger partial charge in [0.2, 0.25) is 15.9 Å². The van der Waals surface area contributed by atoms with Crippen molar-refractivity contribution in [1.82, 2.24) is 15.2 Å². The second-order valence-corrected chi connectivity index (χ2v) is 8.77. The number of nitrogens with zero attached hydrogens (tertiary/aromatic N) is 3. The molecule has 2 aromatic rings. The van der Waals surface area contributed by atoms with E-state index in [1.807, 2.05) is 18.2 Å². The maximum Gasteiger partial charge on any atom is 0.247 e. The number of nitrogens with two attached hydrogens (primary N) is 1. The lowest BCUT2D eigenvalue weighted by Crippen LogP contribution is -2.40. The van der Waals surface area contributed by atoms with Crippen LogP contribution >= 0.6 is 11.3 Å². The first-order valence-corrected chi connectivity index (χ1v) is 10.5. The van der Waals surface area contributed by atoms with Crippen LogP contribution in [0.2, 0.25) is 0 Å². The van der Waals surface area contributed by atoms with E-state index in [0.29, 0.717) is 19.0 Å². The predicted molar refractivity (Wildman–Crippen MR) is 101 cm³/mol. The fourth-order valence-electron chi connectivity index (χ4n) is 2.71. The number of nitrogens with one attached hydrogen (secondary N) is 1. The van der Waals surface area contributed by atoms with Gasteiger partial charge in [-0.15, -0.1) is 11.3 Å². The molecular weight excluding hydrogens is 374 g/mol. The van der Waals surface area contributed by atoms with Gasteiger partial charge in [-0.05, 0) is 18.2 Å². The number of thiophene rings is 1. The van der Waals surface area contributed by atoms with E-state index in [2.05, 4.69) is 20.2 Å². The Balaban J connectivity index is 1.54.